The number of halogens is 2. The van der Waals surface area contributed by atoms with Gasteiger partial charge in [-0.05, 0) is 34.5 Å². The fourth-order valence-corrected chi connectivity index (χ4v) is 5.38. The SMILES string of the molecule is CN=C(NC1C2CCOC2C1(C)C)N(C)Cc1ccc(Br)s1.I. The summed E-state index contributed by atoms with van der Waals surface area (Å²) in [6, 6.07) is 4.70. The van der Waals surface area contributed by atoms with Crippen molar-refractivity contribution in [3.05, 3.63) is 20.8 Å². The maximum atomic E-state index is 5.87. The molecule has 0 spiro atoms. The number of hydrogen-bond acceptors (Lipinski definition) is 3. The number of thiophene rings is 1. The van der Waals surface area contributed by atoms with Crippen LogP contribution < -0.4 is 5.32 Å². The van der Waals surface area contributed by atoms with Gasteiger partial charge >= 0.3 is 0 Å². The molecule has 0 bridgehead atoms. The van der Waals surface area contributed by atoms with Gasteiger partial charge in [-0.3, -0.25) is 4.99 Å². The molecule has 3 rings (SSSR count). The highest BCUT2D eigenvalue weighted by atomic mass is 127. The smallest absolute Gasteiger partial charge is 0.193 e. The molecule has 0 aromatic carbocycles. The van der Waals surface area contributed by atoms with Crippen LogP contribution in [-0.4, -0.2) is 43.7 Å². The monoisotopic (exact) mass is 513 g/mol. The fraction of sp³-hybridized carbons (Fsp3) is 0.688. The molecular weight excluding hydrogens is 489 g/mol. The lowest BCUT2D eigenvalue weighted by molar-refractivity contribution is -0.107. The van der Waals surface area contributed by atoms with Gasteiger partial charge < -0.3 is 15.0 Å². The van der Waals surface area contributed by atoms with E-state index in [9.17, 15) is 0 Å². The third kappa shape index (κ3) is 3.72. The van der Waals surface area contributed by atoms with Gasteiger partial charge in [0.15, 0.2) is 5.96 Å². The molecule has 7 heteroatoms. The van der Waals surface area contributed by atoms with Gasteiger partial charge in [-0.1, -0.05) is 13.8 Å². The van der Waals surface area contributed by atoms with Crippen LogP contribution >= 0.6 is 51.2 Å². The molecule has 2 aliphatic rings. The molecule has 1 aromatic rings. The number of fused-ring (bicyclic) bond motifs is 1. The van der Waals surface area contributed by atoms with Gasteiger partial charge in [0.2, 0.25) is 0 Å². The third-order valence-electron chi connectivity index (χ3n) is 4.98. The van der Waals surface area contributed by atoms with E-state index in [2.05, 4.69) is 64.2 Å². The number of nitrogens with one attached hydrogen (secondary N) is 1. The Kier molecular flexibility index (Phi) is 6.41. The van der Waals surface area contributed by atoms with E-state index in [4.69, 9.17) is 4.74 Å². The number of ether oxygens (including phenoxy) is 1. The Morgan fingerprint density at radius 3 is 2.87 bits per heavy atom. The molecule has 3 unspecified atom stereocenters. The predicted octanol–water partition coefficient (Wildman–Crippen LogP) is 3.95. The van der Waals surface area contributed by atoms with Crippen molar-refractivity contribution in [2.45, 2.75) is 39.0 Å². The molecule has 1 aliphatic carbocycles. The summed E-state index contributed by atoms with van der Waals surface area (Å²) in [4.78, 5) is 7.99. The molecule has 1 N–H and O–H groups in total. The van der Waals surface area contributed by atoms with Gasteiger partial charge in [0.25, 0.3) is 0 Å². The van der Waals surface area contributed by atoms with Crippen LogP contribution in [0, 0.1) is 11.3 Å². The minimum atomic E-state index is 0. The summed E-state index contributed by atoms with van der Waals surface area (Å²) in [5.41, 5.74) is 0.171. The molecule has 1 aliphatic heterocycles. The zero-order valence-electron chi connectivity index (χ0n) is 14.0. The number of hydrogen-bond donors (Lipinski definition) is 1. The van der Waals surface area contributed by atoms with E-state index >= 15 is 0 Å². The van der Waals surface area contributed by atoms with E-state index < -0.39 is 0 Å². The maximum Gasteiger partial charge on any atom is 0.193 e. The predicted molar refractivity (Wildman–Crippen MR) is 111 cm³/mol. The lowest BCUT2D eigenvalue weighted by Gasteiger charge is -2.55. The summed E-state index contributed by atoms with van der Waals surface area (Å²) in [6.45, 7) is 6.35. The molecular formula is C16H25BrIN3OS. The van der Waals surface area contributed by atoms with Crippen LogP contribution in [0.2, 0.25) is 0 Å². The molecule has 3 atom stereocenters. The summed E-state index contributed by atoms with van der Waals surface area (Å²) in [7, 11) is 3.95. The quantitative estimate of drug-likeness (QED) is 0.377. The van der Waals surface area contributed by atoms with Crippen LogP contribution in [0.5, 0.6) is 0 Å². The van der Waals surface area contributed by atoms with Crippen molar-refractivity contribution in [1.29, 1.82) is 0 Å². The maximum absolute atomic E-state index is 5.87. The minimum absolute atomic E-state index is 0. The van der Waals surface area contributed by atoms with Gasteiger partial charge in [-0.2, -0.15) is 0 Å². The highest BCUT2D eigenvalue weighted by Gasteiger charge is 2.59. The van der Waals surface area contributed by atoms with Crippen molar-refractivity contribution in [1.82, 2.24) is 10.2 Å². The topological polar surface area (TPSA) is 36.9 Å². The summed E-state index contributed by atoms with van der Waals surface area (Å²) in [6.07, 6.45) is 1.56. The molecule has 1 saturated carbocycles. The average Bonchev–Trinajstić information content (AvgIpc) is 3.07. The molecule has 130 valence electrons. The Morgan fingerprint density at radius 1 is 1.52 bits per heavy atom. The molecule has 4 nitrogen and oxygen atoms in total. The highest BCUT2D eigenvalue weighted by molar-refractivity contribution is 14.0. The lowest BCUT2D eigenvalue weighted by atomic mass is 9.57. The Balaban J connectivity index is 0.00000192. The van der Waals surface area contributed by atoms with Crippen molar-refractivity contribution in [2.24, 2.45) is 16.3 Å². The van der Waals surface area contributed by atoms with E-state index in [1.54, 1.807) is 11.3 Å². The van der Waals surface area contributed by atoms with Crippen molar-refractivity contribution in [2.75, 3.05) is 20.7 Å². The fourth-order valence-electron chi connectivity index (χ4n) is 3.85. The number of aliphatic imine (C=N–C) groups is 1. The molecule has 0 radical (unpaired) electrons. The third-order valence-corrected chi connectivity index (χ3v) is 6.59. The molecule has 0 amide bonds. The molecule has 23 heavy (non-hydrogen) atoms. The van der Waals surface area contributed by atoms with Gasteiger partial charge in [0.1, 0.15) is 0 Å². The molecule has 2 fully saturated rings. The standard InChI is InChI=1S/C16H24BrN3OS.HI/c1-16(2)13(11-7-8-21-14(11)16)19-15(18-3)20(4)9-10-5-6-12(17)22-10;/h5-6,11,13-14H,7-9H2,1-4H3,(H,18,19);1H. The summed E-state index contributed by atoms with van der Waals surface area (Å²) >= 11 is 5.29. The van der Waals surface area contributed by atoms with Crippen LogP contribution in [0.25, 0.3) is 0 Å². The first-order chi connectivity index (χ1) is 10.4. The second kappa shape index (κ2) is 7.58. The van der Waals surface area contributed by atoms with Crippen LogP contribution in [0.1, 0.15) is 25.1 Å². The first-order valence-electron chi connectivity index (χ1n) is 7.73. The van der Waals surface area contributed by atoms with Gasteiger partial charge in [-0.15, -0.1) is 35.3 Å². The summed E-state index contributed by atoms with van der Waals surface area (Å²) in [5, 5.41) is 3.68. The molecule has 2 heterocycles. The largest absolute Gasteiger partial charge is 0.377 e. The van der Waals surface area contributed by atoms with Crippen molar-refractivity contribution in [3.63, 3.8) is 0 Å². The second-order valence-electron chi connectivity index (χ2n) is 6.80. The first kappa shape index (κ1) is 19.5. The molecule has 1 aromatic heterocycles. The average molecular weight is 514 g/mol. The Morgan fingerprint density at radius 2 is 2.26 bits per heavy atom. The lowest BCUT2D eigenvalue weighted by Crippen LogP contribution is -2.67. The summed E-state index contributed by atoms with van der Waals surface area (Å²) < 4.78 is 7.05. The Hall–Kier alpha value is 0.140. The second-order valence-corrected chi connectivity index (χ2v) is 9.34. The van der Waals surface area contributed by atoms with Gasteiger partial charge in [-0.25, -0.2) is 0 Å². The van der Waals surface area contributed by atoms with Crippen molar-refractivity contribution in [3.8, 4) is 0 Å². The Labute approximate surface area is 168 Å². The first-order valence-corrected chi connectivity index (χ1v) is 9.34. The van der Waals surface area contributed by atoms with Crippen LogP contribution in [-0.2, 0) is 11.3 Å². The number of guanidine groups is 1. The minimum Gasteiger partial charge on any atom is -0.377 e. The summed E-state index contributed by atoms with van der Waals surface area (Å²) in [5.74, 6) is 1.59. The van der Waals surface area contributed by atoms with E-state index in [0.29, 0.717) is 18.1 Å². The van der Waals surface area contributed by atoms with Crippen LogP contribution in [0.3, 0.4) is 0 Å². The van der Waals surface area contributed by atoms with Gasteiger partial charge in [0.05, 0.1) is 16.4 Å². The number of nitrogens with zero attached hydrogens (tertiary/aromatic N) is 2. The van der Waals surface area contributed by atoms with E-state index in [1.165, 1.54) is 8.66 Å². The number of rotatable bonds is 3. The van der Waals surface area contributed by atoms with E-state index in [-0.39, 0.29) is 29.4 Å². The highest BCUT2D eigenvalue weighted by Crippen LogP contribution is 2.52. The van der Waals surface area contributed by atoms with Crippen LogP contribution in [0.15, 0.2) is 20.9 Å². The Bertz CT molecular complexity index is 577. The zero-order chi connectivity index (χ0) is 15.9. The van der Waals surface area contributed by atoms with Crippen LogP contribution in [0.4, 0.5) is 0 Å². The van der Waals surface area contributed by atoms with E-state index in [0.717, 1.165) is 25.5 Å². The normalized spacial score (nSPS) is 28.6. The van der Waals surface area contributed by atoms with Crippen molar-refractivity contribution < 1.29 is 4.74 Å². The van der Waals surface area contributed by atoms with E-state index in [1.807, 2.05) is 7.05 Å². The zero-order valence-corrected chi connectivity index (χ0v) is 18.7. The molecule has 1 saturated heterocycles. The van der Waals surface area contributed by atoms with Gasteiger partial charge in [0, 0.05) is 43.0 Å². The van der Waals surface area contributed by atoms with Crippen molar-refractivity contribution >= 4 is 57.2 Å².